The molecule has 0 radical (unpaired) electrons. The smallest absolute Gasteiger partial charge is 0.241 e. The third-order valence-corrected chi connectivity index (χ3v) is 4.14. The van der Waals surface area contributed by atoms with Crippen LogP contribution in [0, 0.1) is 5.92 Å². The van der Waals surface area contributed by atoms with E-state index >= 15 is 0 Å². The average molecular weight is 307 g/mol. The molecule has 0 amide bonds. The lowest BCUT2D eigenvalue weighted by atomic mass is 10.1. The van der Waals surface area contributed by atoms with Gasteiger partial charge in [-0.25, -0.2) is 0 Å². The Morgan fingerprint density at radius 3 is 2.95 bits per heavy atom. The Morgan fingerprint density at radius 2 is 2.29 bits per heavy atom. The van der Waals surface area contributed by atoms with E-state index in [1.165, 1.54) is 12.8 Å². The molecule has 1 unspecified atom stereocenters. The van der Waals surface area contributed by atoms with Crippen LogP contribution in [0.2, 0.25) is 5.02 Å². The number of rotatable bonds is 6. The molecule has 0 bridgehead atoms. The fraction of sp³-hybridized carbons (Fsp3) is 0.467. The summed E-state index contributed by atoms with van der Waals surface area (Å²) >= 11 is 5.98. The number of nitrogens with two attached hydrogens (primary N) is 1. The highest BCUT2D eigenvalue weighted by Gasteiger charge is 2.33. The Balaban J connectivity index is 1.70. The maximum Gasteiger partial charge on any atom is 0.241 e. The molecule has 2 aromatic rings. The van der Waals surface area contributed by atoms with E-state index in [9.17, 15) is 0 Å². The van der Waals surface area contributed by atoms with Crippen LogP contribution in [0.25, 0.3) is 11.4 Å². The van der Waals surface area contributed by atoms with Gasteiger partial charge in [0, 0.05) is 23.2 Å². The van der Waals surface area contributed by atoms with Gasteiger partial charge in [-0.3, -0.25) is 4.90 Å². The maximum absolute atomic E-state index is 5.98. The molecule has 1 fully saturated rings. The third kappa shape index (κ3) is 3.43. The van der Waals surface area contributed by atoms with Crippen molar-refractivity contribution < 1.29 is 4.52 Å². The number of halogens is 1. The molecule has 0 aliphatic heterocycles. The number of hydrogen-bond donors (Lipinski definition) is 1. The highest BCUT2D eigenvalue weighted by atomic mass is 35.5. The second kappa shape index (κ2) is 6.13. The molecule has 1 aliphatic rings. The van der Waals surface area contributed by atoms with Crippen molar-refractivity contribution >= 4 is 11.6 Å². The predicted octanol–water partition coefficient (Wildman–Crippen LogP) is 2.56. The zero-order valence-corrected chi connectivity index (χ0v) is 12.8. The van der Waals surface area contributed by atoms with E-state index in [0.29, 0.717) is 35.9 Å². The van der Waals surface area contributed by atoms with Gasteiger partial charge in [0.05, 0.1) is 6.54 Å². The van der Waals surface area contributed by atoms with Gasteiger partial charge in [-0.1, -0.05) is 28.9 Å². The van der Waals surface area contributed by atoms with Crippen LogP contribution in [-0.4, -0.2) is 34.7 Å². The summed E-state index contributed by atoms with van der Waals surface area (Å²) in [5.41, 5.74) is 6.72. The lowest BCUT2D eigenvalue weighted by molar-refractivity contribution is 0.189. The molecule has 1 aromatic heterocycles. The summed E-state index contributed by atoms with van der Waals surface area (Å²) in [4.78, 5) is 6.64. The first-order valence-corrected chi connectivity index (χ1v) is 7.54. The first-order chi connectivity index (χ1) is 10.2. The second-order valence-corrected chi connectivity index (χ2v) is 6.01. The molecule has 112 valence electrons. The average Bonchev–Trinajstić information content (AvgIpc) is 3.18. The highest BCUT2D eigenvalue weighted by molar-refractivity contribution is 6.30. The predicted molar refractivity (Wildman–Crippen MR) is 81.8 cm³/mol. The van der Waals surface area contributed by atoms with Crippen molar-refractivity contribution in [2.45, 2.75) is 25.4 Å². The van der Waals surface area contributed by atoms with Crippen molar-refractivity contribution in [1.82, 2.24) is 15.0 Å². The fourth-order valence-electron chi connectivity index (χ4n) is 2.61. The summed E-state index contributed by atoms with van der Waals surface area (Å²) in [7, 11) is 2.05. The minimum atomic E-state index is 0.395. The number of likely N-dealkylation sites (N-methyl/N-ethyl adjacent to an activating group) is 1. The first kappa shape index (κ1) is 14.5. The molecule has 0 saturated heterocycles. The molecule has 6 heteroatoms. The summed E-state index contributed by atoms with van der Waals surface area (Å²) in [5, 5.41) is 4.68. The standard InChI is InChI=1S/C15H19ClN4O/c1-20(13(8-17)10-5-6-10)9-14-18-15(19-21-14)11-3-2-4-12(16)7-11/h2-4,7,10,13H,5-6,8-9,17H2,1H3. The molecule has 2 N–H and O–H groups in total. The van der Waals surface area contributed by atoms with Gasteiger partial charge in [0.25, 0.3) is 0 Å². The van der Waals surface area contributed by atoms with Crippen LogP contribution in [0.5, 0.6) is 0 Å². The molecule has 3 rings (SSSR count). The van der Waals surface area contributed by atoms with Gasteiger partial charge in [-0.15, -0.1) is 0 Å². The minimum Gasteiger partial charge on any atom is -0.338 e. The Hall–Kier alpha value is -1.43. The van der Waals surface area contributed by atoms with Crippen LogP contribution in [0.15, 0.2) is 28.8 Å². The SMILES string of the molecule is CN(Cc1nc(-c2cccc(Cl)c2)no1)C(CN)C1CC1. The highest BCUT2D eigenvalue weighted by Crippen LogP contribution is 2.34. The van der Waals surface area contributed by atoms with E-state index in [1.807, 2.05) is 24.3 Å². The normalized spacial score (nSPS) is 16.4. The van der Waals surface area contributed by atoms with Crippen LogP contribution < -0.4 is 5.73 Å². The summed E-state index contributed by atoms with van der Waals surface area (Å²) in [6, 6.07) is 7.83. The zero-order chi connectivity index (χ0) is 14.8. The zero-order valence-electron chi connectivity index (χ0n) is 12.0. The Bertz CT molecular complexity index is 611. The van der Waals surface area contributed by atoms with Crippen LogP contribution >= 0.6 is 11.6 Å². The van der Waals surface area contributed by atoms with Crippen molar-refractivity contribution in [2.75, 3.05) is 13.6 Å². The number of hydrogen-bond acceptors (Lipinski definition) is 5. The Kier molecular flexibility index (Phi) is 4.24. The molecule has 0 spiro atoms. The quantitative estimate of drug-likeness (QED) is 0.888. The van der Waals surface area contributed by atoms with Crippen molar-refractivity contribution in [2.24, 2.45) is 11.7 Å². The summed E-state index contributed by atoms with van der Waals surface area (Å²) in [5.74, 6) is 1.89. The molecule has 1 aromatic carbocycles. The molecular weight excluding hydrogens is 288 g/mol. The van der Waals surface area contributed by atoms with Crippen LogP contribution in [0.1, 0.15) is 18.7 Å². The van der Waals surface area contributed by atoms with E-state index in [-0.39, 0.29) is 0 Å². The third-order valence-electron chi connectivity index (χ3n) is 3.91. The van der Waals surface area contributed by atoms with Crippen molar-refractivity contribution in [3.05, 3.63) is 35.2 Å². The number of benzene rings is 1. The summed E-state index contributed by atoms with van der Waals surface area (Å²) in [6.07, 6.45) is 2.54. The summed E-state index contributed by atoms with van der Waals surface area (Å²) in [6.45, 7) is 1.28. The maximum atomic E-state index is 5.98. The first-order valence-electron chi connectivity index (χ1n) is 7.16. The summed E-state index contributed by atoms with van der Waals surface area (Å²) < 4.78 is 5.34. The minimum absolute atomic E-state index is 0.395. The largest absolute Gasteiger partial charge is 0.338 e. The van der Waals surface area contributed by atoms with E-state index in [1.54, 1.807) is 0 Å². The van der Waals surface area contributed by atoms with Gasteiger partial charge in [-0.2, -0.15) is 4.98 Å². The second-order valence-electron chi connectivity index (χ2n) is 5.58. The van der Waals surface area contributed by atoms with Gasteiger partial charge in [0.1, 0.15) is 0 Å². The molecule has 1 atom stereocenters. The lowest BCUT2D eigenvalue weighted by Gasteiger charge is -2.25. The van der Waals surface area contributed by atoms with E-state index in [2.05, 4.69) is 22.1 Å². The Labute approximate surface area is 129 Å². The van der Waals surface area contributed by atoms with Gasteiger partial charge >= 0.3 is 0 Å². The number of nitrogens with zero attached hydrogens (tertiary/aromatic N) is 3. The monoisotopic (exact) mass is 306 g/mol. The molecule has 5 nitrogen and oxygen atoms in total. The topological polar surface area (TPSA) is 68.2 Å². The van der Waals surface area contributed by atoms with E-state index < -0.39 is 0 Å². The van der Waals surface area contributed by atoms with Crippen molar-refractivity contribution in [3.63, 3.8) is 0 Å². The molecule has 1 saturated carbocycles. The van der Waals surface area contributed by atoms with E-state index in [0.717, 1.165) is 11.5 Å². The lowest BCUT2D eigenvalue weighted by Crippen LogP contribution is -2.39. The van der Waals surface area contributed by atoms with Crippen LogP contribution in [0.4, 0.5) is 0 Å². The van der Waals surface area contributed by atoms with Crippen molar-refractivity contribution in [3.8, 4) is 11.4 Å². The fourth-order valence-corrected chi connectivity index (χ4v) is 2.80. The van der Waals surface area contributed by atoms with Gasteiger partial charge < -0.3 is 10.3 Å². The molecular formula is C15H19ClN4O. The number of aromatic nitrogens is 2. The molecule has 21 heavy (non-hydrogen) atoms. The van der Waals surface area contributed by atoms with Gasteiger partial charge in [0.2, 0.25) is 11.7 Å². The Morgan fingerprint density at radius 1 is 1.48 bits per heavy atom. The van der Waals surface area contributed by atoms with E-state index in [4.69, 9.17) is 21.9 Å². The van der Waals surface area contributed by atoms with Crippen LogP contribution in [-0.2, 0) is 6.54 Å². The molecule has 1 aliphatic carbocycles. The molecule has 1 heterocycles. The van der Waals surface area contributed by atoms with Gasteiger partial charge in [-0.05, 0) is 37.9 Å². The van der Waals surface area contributed by atoms with Crippen LogP contribution in [0.3, 0.4) is 0 Å². The van der Waals surface area contributed by atoms with Crippen molar-refractivity contribution in [1.29, 1.82) is 0 Å². The van der Waals surface area contributed by atoms with Gasteiger partial charge in [0.15, 0.2) is 0 Å².